The Morgan fingerprint density at radius 1 is 1.10 bits per heavy atom. The van der Waals surface area contributed by atoms with Crippen LogP contribution in [0.3, 0.4) is 0 Å². The van der Waals surface area contributed by atoms with Crippen LogP contribution in [0.1, 0.15) is 39.6 Å². The first-order chi connectivity index (χ1) is 20.3. The van der Waals surface area contributed by atoms with Gasteiger partial charge in [-0.15, -0.1) is 0 Å². The summed E-state index contributed by atoms with van der Waals surface area (Å²) in [5.41, 5.74) is 2.18. The quantitative estimate of drug-likeness (QED) is 0.297. The number of fused-ring (bicyclic) bond motifs is 1. The molecular weight excluding hydrogens is 551 g/mol. The molecule has 2 aromatic heterocycles. The molecule has 0 aliphatic carbocycles. The summed E-state index contributed by atoms with van der Waals surface area (Å²) in [4.78, 5) is 50.5. The third kappa shape index (κ3) is 6.32. The van der Waals surface area contributed by atoms with E-state index >= 15 is 0 Å². The molecule has 4 aromatic rings. The Kier molecular flexibility index (Phi) is 8.60. The smallest absolute Gasteiger partial charge is 0.281 e. The van der Waals surface area contributed by atoms with Crippen molar-refractivity contribution in [3.8, 4) is 0 Å². The first kappa shape index (κ1) is 28.5. The molecular formula is C30H26F3N5O4. The third-order valence-electron chi connectivity index (χ3n) is 6.84. The number of hydrogen-bond acceptors (Lipinski definition) is 6. The molecule has 0 bridgehead atoms. The predicted octanol–water partition coefficient (Wildman–Crippen LogP) is 4.50. The number of aromatic nitrogens is 2. The van der Waals surface area contributed by atoms with E-state index in [1.165, 1.54) is 41.6 Å². The molecule has 42 heavy (non-hydrogen) atoms. The van der Waals surface area contributed by atoms with E-state index < -0.39 is 42.6 Å². The number of oxazole rings is 1. The van der Waals surface area contributed by atoms with Crippen LogP contribution < -0.4 is 15.1 Å². The number of carbonyl (C=O) groups is 3. The molecule has 0 saturated heterocycles. The second-order valence-electron chi connectivity index (χ2n) is 9.62. The Balaban J connectivity index is 1.52. The molecule has 1 aliphatic rings. The minimum atomic E-state index is -2.73. The summed E-state index contributed by atoms with van der Waals surface area (Å²) < 4.78 is 45.1. The van der Waals surface area contributed by atoms with Crippen molar-refractivity contribution in [3.63, 3.8) is 0 Å². The fraction of sp³-hybridized carbons (Fsp3) is 0.233. The van der Waals surface area contributed by atoms with E-state index in [0.717, 1.165) is 17.6 Å². The summed E-state index contributed by atoms with van der Waals surface area (Å²) in [7, 11) is 0. The number of amides is 3. The van der Waals surface area contributed by atoms with E-state index in [9.17, 15) is 27.6 Å². The number of anilines is 2. The molecule has 1 aliphatic heterocycles. The van der Waals surface area contributed by atoms with Crippen molar-refractivity contribution < 1.29 is 32.0 Å². The molecule has 0 radical (unpaired) electrons. The van der Waals surface area contributed by atoms with Crippen molar-refractivity contribution >= 4 is 29.1 Å². The fourth-order valence-corrected chi connectivity index (χ4v) is 4.93. The number of carbonyl (C=O) groups excluding carboxylic acids is 3. The number of aryl methyl sites for hydroxylation is 1. The van der Waals surface area contributed by atoms with E-state index in [0.29, 0.717) is 28.8 Å². The summed E-state index contributed by atoms with van der Waals surface area (Å²) in [6.07, 6.45) is 3.13. The Morgan fingerprint density at radius 2 is 1.95 bits per heavy atom. The summed E-state index contributed by atoms with van der Waals surface area (Å²) in [6.45, 7) is -0.598. The molecule has 12 heteroatoms. The Morgan fingerprint density at radius 3 is 2.67 bits per heavy atom. The molecule has 0 spiro atoms. The van der Waals surface area contributed by atoms with Gasteiger partial charge in [0.2, 0.25) is 11.8 Å². The molecule has 1 atom stereocenters. The van der Waals surface area contributed by atoms with Gasteiger partial charge < -0.3 is 14.6 Å². The van der Waals surface area contributed by atoms with Crippen molar-refractivity contribution in [1.29, 1.82) is 0 Å². The zero-order valence-electron chi connectivity index (χ0n) is 22.3. The Bertz CT molecular complexity index is 1570. The maximum absolute atomic E-state index is 13.9. The number of benzene rings is 2. The van der Waals surface area contributed by atoms with Crippen LogP contribution in [0.15, 0.2) is 84.1 Å². The maximum atomic E-state index is 13.9. The van der Waals surface area contributed by atoms with Gasteiger partial charge >= 0.3 is 0 Å². The summed E-state index contributed by atoms with van der Waals surface area (Å²) >= 11 is 0. The van der Waals surface area contributed by atoms with Gasteiger partial charge in [-0.2, -0.15) is 0 Å². The monoisotopic (exact) mass is 577 g/mol. The highest BCUT2D eigenvalue weighted by Crippen LogP contribution is 2.36. The number of rotatable bonds is 10. The lowest BCUT2D eigenvalue weighted by Gasteiger charge is -2.33. The van der Waals surface area contributed by atoms with Gasteiger partial charge in [-0.05, 0) is 60.4 Å². The number of halogens is 3. The van der Waals surface area contributed by atoms with Crippen molar-refractivity contribution in [2.45, 2.75) is 31.7 Å². The first-order valence-electron chi connectivity index (χ1n) is 13.2. The lowest BCUT2D eigenvalue weighted by molar-refractivity contribution is -0.122. The topological polar surface area (TPSA) is 109 Å². The molecule has 3 amide bonds. The number of nitrogens with one attached hydrogen (secondary N) is 1. The van der Waals surface area contributed by atoms with Crippen LogP contribution in [0.2, 0.25) is 0 Å². The molecule has 216 valence electrons. The fourth-order valence-electron chi connectivity index (χ4n) is 4.93. The average molecular weight is 578 g/mol. The van der Waals surface area contributed by atoms with Crippen LogP contribution >= 0.6 is 0 Å². The minimum Gasteiger partial charge on any atom is -0.451 e. The van der Waals surface area contributed by atoms with Crippen LogP contribution in [0.4, 0.5) is 24.5 Å². The zero-order chi connectivity index (χ0) is 29.6. The molecule has 1 unspecified atom stereocenters. The molecule has 0 saturated carbocycles. The van der Waals surface area contributed by atoms with E-state index in [2.05, 4.69) is 15.3 Å². The summed E-state index contributed by atoms with van der Waals surface area (Å²) in [6, 6.07) is 12.7. The van der Waals surface area contributed by atoms with E-state index in [1.807, 2.05) is 0 Å². The lowest BCUT2D eigenvalue weighted by Crippen LogP contribution is -2.45. The van der Waals surface area contributed by atoms with Crippen LogP contribution in [0.25, 0.3) is 0 Å². The SMILES string of the molecule is O=C(NCCc1cccc(F)c1)C(c1cccnc1)N(C(=O)c1cocn1)c1ccc2c(c1)CCC(=O)N2CC(F)F. The van der Waals surface area contributed by atoms with Gasteiger partial charge in [-0.3, -0.25) is 24.3 Å². The van der Waals surface area contributed by atoms with Gasteiger partial charge in [-0.25, -0.2) is 18.2 Å². The predicted molar refractivity (Wildman–Crippen MR) is 147 cm³/mol. The molecule has 1 N–H and O–H groups in total. The third-order valence-corrected chi connectivity index (χ3v) is 6.84. The molecule has 2 aromatic carbocycles. The number of alkyl halides is 2. The van der Waals surface area contributed by atoms with Gasteiger partial charge in [0.15, 0.2) is 12.1 Å². The van der Waals surface area contributed by atoms with Gasteiger partial charge in [-0.1, -0.05) is 18.2 Å². The van der Waals surface area contributed by atoms with Gasteiger partial charge in [0.25, 0.3) is 12.3 Å². The second kappa shape index (κ2) is 12.7. The molecule has 9 nitrogen and oxygen atoms in total. The summed E-state index contributed by atoms with van der Waals surface area (Å²) in [5.74, 6) is -2.01. The number of nitrogens with zero attached hydrogens (tertiary/aromatic N) is 4. The van der Waals surface area contributed by atoms with Crippen molar-refractivity contribution in [1.82, 2.24) is 15.3 Å². The van der Waals surface area contributed by atoms with Crippen LogP contribution in [-0.4, -0.2) is 47.2 Å². The highest BCUT2D eigenvalue weighted by atomic mass is 19.3. The molecule has 3 heterocycles. The van der Waals surface area contributed by atoms with Gasteiger partial charge in [0, 0.05) is 42.3 Å². The second-order valence-corrected chi connectivity index (χ2v) is 9.62. The molecule has 5 rings (SSSR count). The lowest BCUT2D eigenvalue weighted by atomic mass is 9.98. The van der Waals surface area contributed by atoms with Gasteiger partial charge in [0.1, 0.15) is 18.1 Å². The van der Waals surface area contributed by atoms with E-state index in [4.69, 9.17) is 4.42 Å². The van der Waals surface area contributed by atoms with E-state index in [-0.39, 0.29) is 30.8 Å². The average Bonchev–Trinajstić information content (AvgIpc) is 3.52. The van der Waals surface area contributed by atoms with Crippen LogP contribution in [0.5, 0.6) is 0 Å². The largest absolute Gasteiger partial charge is 0.451 e. The van der Waals surface area contributed by atoms with E-state index in [1.54, 1.807) is 30.3 Å². The number of hydrogen-bond donors (Lipinski definition) is 1. The van der Waals surface area contributed by atoms with Crippen molar-refractivity contribution in [3.05, 3.63) is 108 Å². The van der Waals surface area contributed by atoms with Crippen molar-refractivity contribution in [2.24, 2.45) is 0 Å². The van der Waals surface area contributed by atoms with Crippen molar-refractivity contribution in [2.75, 3.05) is 22.9 Å². The summed E-state index contributed by atoms with van der Waals surface area (Å²) in [5, 5.41) is 2.83. The standard InChI is InChI=1S/C30H26F3N5O4/c31-22-5-1-3-19(13-22)10-12-35-29(40)28(21-4-2-11-34-15-21)38(30(41)24-17-42-18-36-24)23-7-8-25-20(14-23)6-9-27(39)37(25)16-26(32)33/h1-5,7-8,11,13-15,17-18,26,28H,6,9-10,12,16H2,(H,35,40). The normalized spacial score (nSPS) is 13.5. The zero-order valence-corrected chi connectivity index (χ0v) is 22.3. The van der Waals surface area contributed by atoms with Crippen LogP contribution in [-0.2, 0) is 22.4 Å². The molecule has 0 fully saturated rings. The Hall–Kier alpha value is -5.00. The van der Waals surface area contributed by atoms with Crippen LogP contribution in [0, 0.1) is 5.82 Å². The van der Waals surface area contributed by atoms with Gasteiger partial charge in [0.05, 0.1) is 6.54 Å². The highest BCUT2D eigenvalue weighted by molar-refractivity contribution is 6.09. The maximum Gasteiger partial charge on any atom is 0.281 e. The number of pyridine rings is 1. The highest BCUT2D eigenvalue weighted by Gasteiger charge is 2.36. The minimum absolute atomic E-state index is 0.0208. The first-order valence-corrected chi connectivity index (χ1v) is 13.2. The Labute approximate surface area is 239 Å².